The summed E-state index contributed by atoms with van der Waals surface area (Å²) in [7, 11) is 0. The fraction of sp³-hybridized carbons (Fsp3) is 0.500. The average molecular weight is 188 g/mol. The van der Waals surface area contributed by atoms with Gasteiger partial charge in [0.25, 0.3) is 0 Å². The maximum atomic E-state index is 2.89. The SMILES string of the molecule is CC[C]1CCCCC1.[c]1ccccc1. The number of rotatable bonds is 1. The quantitative estimate of drug-likeness (QED) is 0.612. The first-order valence-corrected chi connectivity index (χ1v) is 5.68. The van der Waals surface area contributed by atoms with E-state index in [1.165, 1.54) is 38.5 Å². The van der Waals surface area contributed by atoms with Crippen molar-refractivity contribution in [1.29, 1.82) is 0 Å². The second-order valence-corrected chi connectivity index (χ2v) is 3.74. The van der Waals surface area contributed by atoms with Gasteiger partial charge in [0.15, 0.2) is 0 Å². The standard InChI is InChI=1S/C8H15.C6H5/c1-2-8-6-4-3-5-7-8;1-2-4-6-5-3-1/h2-7H2,1H3;1-5H. The van der Waals surface area contributed by atoms with Crippen molar-refractivity contribution < 1.29 is 0 Å². The molecule has 0 N–H and O–H groups in total. The van der Waals surface area contributed by atoms with Gasteiger partial charge in [-0.3, -0.25) is 0 Å². The molecule has 1 aliphatic carbocycles. The second-order valence-electron chi connectivity index (χ2n) is 3.74. The van der Waals surface area contributed by atoms with Gasteiger partial charge in [0, 0.05) is 0 Å². The zero-order chi connectivity index (χ0) is 10.1. The predicted octanol–water partition coefficient (Wildman–Crippen LogP) is 4.42. The Morgan fingerprint density at radius 1 is 1.00 bits per heavy atom. The molecule has 14 heavy (non-hydrogen) atoms. The normalized spacial score (nSPS) is 16.9. The monoisotopic (exact) mass is 188 g/mol. The lowest BCUT2D eigenvalue weighted by Crippen LogP contribution is -2.01. The first-order chi connectivity index (χ1) is 6.93. The molecule has 0 nitrogen and oxygen atoms in total. The lowest BCUT2D eigenvalue weighted by molar-refractivity contribution is 0.515. The third kappa shape index (κ3) is 5.06. The molecule has 0 unspecified atom stereocenters. The Hall–Kier alpha value is -0.780. The molecule has 2 rings (SSSR count). The van der Waals surface area contributed by atoms with E-state index < -0.39 is 0 Å². The van der Waals surface area contributed by atoms with Crippen molar-refractivity contribution in [2.75, 3.05) is 0 Å². The molecule has 0 atom stereocenters. The van der Waals surface area contributed by atoms with E-state index in [4.69, 9.17) is 0 Å². The summed E-state index contributed by atoms with van der Waals surface area (Å²) in [5.74, 6) is 1.80. The van der Waals surface area contributed by atoms with Crippen LogP contribution < -0.4 is 0 Å². The van der Waals surface area contributed by atoms with Gasteiger partial charge < -0.3 is 0 Å². The van der Waals surface area contributed by atoms with Gasteiger partial charge in [-0.15, -0.1) is 0 Å². The van der Waals surface area contributed by atoms with Crippen LogP contribution in [0, 0.1) is 12.0 Å². The van der Waals surface area contributed by atoms with Gasteiger partial charge in [0.1, 0.15) is 0 Å². The summed E-state index contributed by atoms with van der Waals surface area (Å²) in [5, 5.41) is 0. The van der Waals surface area contributed by atoms with Crippen molar-refractivity contribution in [3.05, 3.63) is 42.3 Å². The highest BCUT2D eigenvalue weighted by atomic mass is 14.2. The van der Waals surface area contributed by atoms with Crippen LogP contribution in [-0.2, 0) is 0 Å². The lowest BCUT2D eigenvalue weighted by Gasteiger charge is -2.18. The van der Waals surface area contributed by atoms with Gasteiger partial charge in [-0.05, 0) is 31.2 Å². The maximum absolute atomic E-state index is 2.89. The minimum atomic E-state index is 1.33. The molecule has 0 bridgehead atoms. The van der Waals surface area contributed by atoms with E-state index in [1.54, 1.807) is 5.92 Å². The summed E-state index contributed by atoms with van der Waals surface area (Å²) in [6.45, 7) is 2.28. The first kappa shape index (κ1) is 11.3. The van der Waals surface area contributed by atoms with Crippen LogP contribution in [-0.4, -0.2) is 0 Å². The third-order valence-electron chi connectivity index (χ3n) is 2.67. The molecule has 0 aromatic heterocycles. The lowest BCUT2D eigenvalue weighted by atomic mass is 9.88. The van der Waals surface area contributed by atoms with Gasteiger partial charge >= 0.3 is 0 Å². The minimum Gasteiger partial charge on any atom is -0.0648 e. The summed E-state index contributed by atoms with van der Waals surface area (Å²) in [5.41, 5.74) is 0. The van der Waals surface area contributed by atoms with Crippen LogP contribution in [0.4, 0.5) is 0 Å². The Kier molecular flexibility index (Phi) is 6.14. The van der Waals surface area contributed by atoms with Gasteiger partial charge in [-0.2, -0.15) is 0 Å². The molecular weight excluding hydrogens is 168 g/mol. The zero-order valence-corrected chi connectivity index (χ0v) is 9.13. The van der Waals surface area contributed by atoms with Gasteiger partial charge in [-0.1, -0.05) is 56.5 Å². The molecule has 1 aliphatic rings. The number of hydrogen-bond donors (Lipinski definition) is 0. The maximum Gasteiger partial charge on any atom is -0.0184 e. The van der Waals surface area contributed by atoms with Gasteiger partial charge in [0.2, 0.25) is 0 Å². The van der Waals surface area contributed by atoms with Crippen molar-refractivity contribution in [2.24, 2.45) is 0 Å². The van der Waals surface area contributed by atoms with E-state index in [-0.39, 0.29) is 0 Å². The van der Waals surface area contributed by atoms with E-state index in [2.05, 4.69) is 13.0 Å². The van der Waals surface area contributed by atoms with E-state index >= 15 is 0 Å². The largest absolute Gasteiger partial charge is 0.0648 e. The summed E-state index contributed by atoms with van der Waals surface area (Å²) >= 11 is 0. The van der Waals surface area contributed by atoms with Crippen molar-refractivity contribution in [1.82, 2.24) is 0 Å². The van der Waals surface area contributed by atoms with Crippen LogP contribution in [0.15, 0.2) is 30.3 Å². The number of hydrogen-bond acceptors (Lipinski definition) is 0. The molecule has 1 saturated carbocycles. The molecule has 0 saturated heterocycles. The molecule has 0 aliphatic heterocycles. The molecule has 0 heteroatoms. The minimum absolute atomic E-state index is 1.33. The van der Waals surface area contributed by atoms with Crippen LogP contribution in [0.5, 0.6) is 0 Å². The Bertz CT molecular complexity index is 170. The van der Waals surface area contributed by atoms with E-state index in [0.717, 1.165) is 0 Å². The van der Waals surface area contributed by atoms with Crippen molar-refractivity contribution in [3.63, 3.8) is 0 Å². The predicted molar refractivity (Wildman–Crippen MR) is 61.9 cm³/mol. The highest BCUT2D eigenvalue weighted by molar-refractivity contribution is 4.97. The van der Waals surface area contributed by atoms with Gasteiger partial charge in [0.05, 0.1) is 0 Å². The van der Waals surface area contributed by atoms with Gasteiger partial charge in [-0.25, -0.2) is 0 Å². The first-order valence-electron chi connectivity index (χ1n) is 5.68. The third-order valence-corrected chi connectivity index (χ3v) is 2.67. The molecule has 0 heterocycles. The highest BCUT2D eigenvalue weighted by Gasteiger charge is 2.10. The Balaban J connectivity index is 0.000000146. The molecule has 0 spiro atoms. The topological polar surface area (TPSA) is 0 Å². The highest BCUT2D eigenvalue weighted by Crippen LogP contribution is 2.27. The van der Waals surface area contributed by atoms with Crippen LogP contribution in [0.2, 0.25) is 0 Å². The summed E-state index contributed by atoms with van der Waals surface area (Å²) in [4.78, 5) is 0. The Morgan fingerprint density at radius 2 is 1.64 bits per heavy atom. The van der Waals surface area contributed by atoms with Crippen molar-refractivity contribution >= 4 is 0 Å². The van der Waals surface area contributed by atoms with E-state index in [0.29, 0.717) is 0 Å². The van der Waals surface area contributed by atoms with Crippen LogP contribution in [0.25, 0.3) is 0 Å². The van der Waals surface area contributed by atoms with Crippen LogP contribution in [0.3, 0.4) is 0 Å². The van der Waals surface area contributed by atoms with Crippen LogP contribution >= 0.6 is 0 Å². The molecule has 1 aromatic rings. The second kappa shape index (κ2) is 7.61. The van der Waals surface area contributed by atoms with E-state index in [9.17, 15) is 0 Å². The van der Waals surface area contributed by atoms with E-state index in [1.807, 2.05) is 30.3 Å². The fourth-order valence-corrected chi connectivity index (χ4v) is 1.75. The molecule has 2 radical (unpaired) electrons. The molecule has 0 amide bonds. The fourth-order valence-electron chi connectivity index (χ4n) is 1.75. The average Bonchev–Trinajstić information content (AvgIpc) is 2.33. The Morgan fingerprint density at radius 3 is 1.93 bits per heavy atom. The van der Waals surface area contributed by atoms with Crippen LogP contribution in [0.1, 0.15) is 45.4 Å². The molecule has 1 fully saturated rings. The number of benzene rings is 1. The molecular formula is C14H20. The molecule has 76 valence electrons. The summed E-state index contributed by atoms with van der Waals surface area (Å²) in [6.07, 6.45) is 8.59. The summed E-state index contributed by atoms with van der Waals surface area (Å²) in [6, 6.07) is 12.5. The smallest absolute Gasteiger partial charge is 0.0184 e. The molecule has 1 aromatic carbocycles. The summed E-state index contributed by atoms with van der Waals surface area (Å²) < 4.78 is 0. The Labute approximate surface area is 88.4 Å². The van der Waals surface area contributed by atoms with Crippen molar-refractivity contribution in [3.8, 4) is 0 Å². The van der Waals surface area contributed by atoms with Crippen molar-refractivity contribution in [2.45, 2.75) is 45.4 Å². The zero-order valence-electron chi connectivity index (χ0n) is 9.13.